The molecule has 3 heterocycles. The summed E-state index contributed by atoms with van der Waals surface area (Å²) in [4.78, 5) is 44.1. The van der Waals surface area contributed by atoms with E-state index in [1.54, 1.807) is 48.4 Å². The average Bonchev–Trinajstić information content (AvgIpc) is 3.27. The Morgan fingerprint density at radius 2 is 1.81 bits per heavy atom. The smallest absolute Gasteiger partial charge is 0.296 e. The molecule has 3 aliphatic heterocycles. The molecule has 1 fully saturated rings. The number of likely N-dealkylation sites (tertiary alicyclic amines) is 1. The van der Waals surface area contributed by atoms with Crippen LogP contribution in [0.3, 0.4) is 0 Å². The van der Waals surface area contributed by atoms with Crippen molar-refractivity contribution >= 4 is 29.0 Å². The van der Waals surface area contributed by atoms with Gasteiger partial charge < -0.3 is 29.1 Å². The first-order valence-electron chi connectivity index (χ1n) is 12.1. The van der Waals surface area contributed by atoms with Crippen LogP contribution in [0.1, 0.15) is 30.9 Å². The van der Waals surface area contributed by atoms with Crippen LogP contribution >= 0.6 is 0 Å². The standard InChI is InChI=1S/C27H28N2O7/c1-3-11-28-19-8-5-4-7-18(19)27(26(28)33)22(24(31)25(32)29(27)12-6-13-34-2)23(30)17-9-10-20-21(16-17)36-15-14-35-20/h4-5,7-10,16,30H,3,6,11-15H2,1-2H3/b23-22-/t27-/m0/s1. The van der Waals surface area contributed by atoms with Crippen molar-refractivity contribution in [2.75, 3.05) is 44.9 Å². The molecular weight excluding hydrogens is 464 g/mol. The molecule has 0 aliphatic carbocycles. The van der Waals surface area contributed by atoms with E-state index in [-0.39, 0.29) is 17.7 Å². The Hall–Kier alpha value is -3.85. The lowest BCUT2D eigenvalue weighted by molar-refractivity contribution is -0.143. The summed E-state index contributed by atoms with van der Waals surface area (Å²) >= 11 is 0. The first-order valence-corrected chi connectivity index (χ1v) is 12.1. The number of benzene rings is 2. The summed E-state index contributed by atoms with van der Waals surface area (Å²) in [6, 6.07) is 11.9. The van der Waals surface area contributed by atoms with E-state index < -0.39 is 28.9 Å². The van der Waals surface area contributed by atoms with Crippen molar-refractivity contribution < 1.29 is 33.7 Å². The number of carbonyl (C=O) groups is 3. The molecule has 9 nitrogen and oxygen atoms in total. The van der Waals surface area contributed by atoms with Gasteiger partial charge in [0.05, 0.1) is 11.3 Å². The Morgan fingerprint density at radius 3 is 2.56 bits per heavy atom. The van der Waals surface area contributed by atoms with Crippen molar-refractivity contribution in [3.05, 3.63) is 59.2 Å². The fourth-order valence-corrected chi connectivity index (χ4v) is 5.31. The van der Waals surface area contributed by atoms with Gasteiger partial charge in [0.1, 0.15) is 19.0 Å². The number of amides is 2. The topological polar surface area (TPSA) is 106 Å². The van der Waals surface area contributed by atoms with Crippen LogP contribution < -0.4 is 14.4 Å². The number of aliphatic hydroxyl groups excluding tert-OH is 1. The Bertz CT molecular complexity index is 1270. The number of nitrogens with zero attached hydrogens (tertiary/aromatic N) is 2. The lowest BCUT2D eigenvalue weighted by Gasteiger charge is -2.34. The number of para-hydroxylation sites is 1. The van der Waals surface area contributed by atoms with Crippen molar-refractivity contribution in [3.63, 3.8) is 0 Å². The van der Waals surface area contributed by atoms with E-state index in [9.17, 15) is 19.5 Å². The van der Waals surface area contributed by atoms with Gasteiger partial charge in [-0.3, -0.25) is 14.4 Å². The van der Waals surface area contributed by atoms with Crippen molar-refractivity contribution in [3.8, 4) is 11.5 Å². The number of fused-ring (bicyclic) bond motifs is 3. The molecule has 1 atom stereocenters. The number of rotatable bonds is 7. The van der Waals surface area contributed by atoms with E-state index >= 15 is 0 Å². The monoisotopic (exact) mass is 492 g/mol. The predicted molar refractivity (Wildman–Crippen MR) is 131 cm³/mol. The number of hydrogen-bond donors (Lipinski definition) is 1. The van der Waals surface area contributed by atoms with Gasteiger partial charge in [0.25, 0.3) is 17.6 Å². The van der Waals surface area contributed by atoms with E-state index in [1.165, 1.54) is 4.90 Å². The van der Waals surface area contributed by atoms with Crippen molar-refractivity contribution in [2.45, 2.75) is 25.3 Å². The minimum absolute atomic E-state index is 0.108. The third-order valence-electron chi connectivity index (χ3n) is 6.80. The Kier molecular flexibility index (Phi) is 6.17. The highest BCUT2D eigenvalue weighted by Crippen LogP contribution is 2.53. The molecule has 5 rings (SSSR count). The van der Waals surface area contributed by atoms with Crippen LogP contribution in [0.25, 0.3) is 5.76 Å². The summed E-state index contributed by atoms with van der Waals surface area (Å²) in [7, 11) is 1.55. The van der Waals surface area contributed by atoms with Crippen LogP contribution in [0.5, 0.6) is 11.5 Å². The Labute approximate surface area is 208 Å². The van der Waals surface area contributed by atoms with E-state index in [4.69, 9.17) is 14.2 Å². The highest BCUT2D eigenvalue weighted by atomic mass is 16.6. The van der Waals surface area contributed by atoms with Crippen molar-refractivity contribution in [1.82, 2.24) is 4.90 Å². The average molecular weight is 493 g/mol. The van der Waals surface area contributed by atoms with Crippen molar-refractivity contribution in [1.29, 1.82) is 0 Å². The molecule has 0 saturated carbocycles. The molecular formula is C27H28N2O7. The Morgan fingerprint density at radius 1 is 1.06 bits per heavy atom. The molecule has 3 aliphatic rings. The maximum atomic E-state index is 14.2. The van der Waals surface area contributed by atoms with Gasteiger partial charge in [-0.15, -0.1) is 0 Å². The second-order valence-corrected chi connectivity index (χ2v) is 8.90. The van der Waals surface area contributed by atoms with Gasteiger partial charge in [-0.25, -0.2) is 0 Å². The van der Waals surface area contributed by atoms with E-state index in [0.29, 0.717) is 62.0 Å². The molecule has 1 N–H and O–H groups in total. The maximum absolute atomic E-state index is 14.2. The molecule has 9 heteroatoms. The predicted octanol–water partition coefficient (Wildman–Crippen LogP) is 2.83. The molecule has 188 valence electrons. The molecule has 2 aromatic carbocycles. The third kappa shape index (κ3) is 3.37. The van der Waals surface area contributed by atoms with Gasteiger partial charge in [-0.05, 0) is 37.1 Å². The van der Waals surface area contributed by atoms with Crippen LogP contribution in [0.2, 0.25) is 0 Å². The highest BCUT2D eigenvalue weighted by molar-refractivity contribution is 6.50. The number of methoxy groups -OCH3 is 1. The summed E-state index contributed by atoms with van der Waals surface area (Å²) in [5, 5.41) is 11.6. The second kappa shape index (κ2) is 9.31. The zero-order valence-corrected chi connectivity index (χ0v) is 20.3. The van der Waals surface area contributed by atoms with Gasteiger partial charge >= 0.3 is 0 Å². The quantitative estimate of drug-likeness (QED) is 0.274. The number of Topliss-reactive ketones (excluding diaryl/α,β-unsaturated/α-hetero) is 1. The molecule has 0 aromatic heterocycles. The number of carbonyl (C=O) groups excluding carboxylic acids is 3. The first kappa shape index (κ1) is 23.9. The molecule has 36 heavy (non-hydrogen) atoms. The van der Waals surface area contributed by atoms with E-state index in [2.05, 4.69) is 0 Å². The molecule has 1 saturated heterocycles. The molecule has 0 radical (unpaired) electrons. The van der Waals surface area contributed by atoms with Crippen LogP contribution in [0, 0.1) is 0 Å². The number of aliphatic hydroxyl groups is 1. The zero-order valence-electron chi connectivity index (χ0n) is 20.3. The second-order valence-electron chi connectivity index (χ2n) is 8.90. The summed E-state index contributed by atoms with van der Waals surface area (Å²) in [5.41, 5.74) is -0.633. The molecule has 2 amide bonds. The lowest BCUT2D eigenvalue weighted by Crippen LogP contribution is -2.52. The van der Waals surface area contributed by atoms with Crippen LogP contribution in [-0.4, -0.2) is 67.6 Å². The number of hydrogen-bond acceptors (Lipinski definition) is 7. The van der Waals surface area contributed by atoms with Gasteiger partial charge in [-0.2, -0.15) is 0 Å². The van der Waals surface area contributed by atoms with Crippen LogP contribution in [0.4, 0.5) is 5.69 Å². The SMILES string of the molecule is CCCN1C(=O)[C@@]2(/C(=C(\O)c3ccc4c(c3)OCCO4)C(=O)C(=O)N2CCCOC)c2ccccc21. The summed E-state index contributed by atoms with van der Waals surface area (Å²) in [6.45, 7) is 3.56. The number of ether oxygens (including phenoxy) is 3. The van der Waals surface area contributed by atoms with E-state index in [1.807, 2.05) is 13.0 Å². The molecule has 0 bridgehead atoms. The third-order valence-corrected chi connectivity index (χ3v) is 6.80. The largest absolute Gasteiger partial charge is 0.507 e. The number of anilines is 1. The fourth-order valence-electron chi connectivity index (χ4n) is 5.31. The van der Waals surface area contributed by atoms with Gasteiger partial charge in [0, 0.05) is 37.9 Å². The van der Waals surface area contributed by atoms with E-state index in [0.717, 1.165) is 0 Å². The molecule has 0 unspecified atom stereocenters. The van der Waals surface area contributed by atoms with Gasteiger partial charge in [0.15, 0.2) is 17.0 Å². The molecule has 2 aromatic rings. The normalized spacial score (nSPS) is 22.0. The lowest BCUT2D eigenvalue weighted by atomic mass is 9.81. The van der Waals surface area contributed by atoms with Crippen molar-refractivity contribution in [2.24, 2.45) is 0 Å². The summed E-state index contributed by atoms with van der Waals surface area (Å²) in [5.74, 6) is -1.65. The first-order chi connectivity index (χ1) is 17.5. The number of ketones is 1. The minimum atomic E-state index is -1.77. The summed E-state index contributed by atoms with van der Waals surface area (Å²) < 4.78 is 16.4. The van der Waals surface area contributed by atoms with Gasteiger partial charge in [0.2, 0.25) is 0 Å². The highest BCUT2D eigenvalue weighted by Gasteiger charge is 2.66. The maximum Gasteiger partial charge on any atom is 0.296 e. The van der Waals surface area contributed by atoms with Gasteiger partial charge in [-0.1, -0.05) is 25.1 Å². The fraction of sp³-hybridized carbons (Fsp3) is 0.370. The van der Waals surface area contributed by atoms with Crippen LogP contribution in [0.15, 0.2) is 48.0 Å². The minimum Gasteiger partial charge on any atom is -0.507 e. The zero-order chi connectivity index (χ0) is 25.4. The van der Waals surface area contributed by atoms with Crippen LogP contribution in [-0.2, 0) is 24.7 Å². The Balaban J connectivity index is 1.75. The molecule has 1 spiro atoms. The summed E-state index contributed by atoms with van der Waals surface area (Å²) in [6.07, 6.45) is 1.09.